The lowest BCUT2D eigenvalue weighted by molar-refractivity contribution is -0.147. The number of para-hydroxylation sites is 1. The standard InChI is InChI=1S/C26H32N2O3/c1-19-11-13-21(14-12-19)24-27-17-20(2)28(24)18-22-9-5-6-10-23(22)31-16-8-7-15-26(3,4)25(29)30/h5-6,9-14,17H,7-8,15-16,18H2,1-4H3,(H,29,30). The van der Waals surface area contributed by atoms with Crippen LogP contribution in [0.1, 0.15) is 49.9 Å². The van der Waals surface area contributed by atoms with Gasteiger partial charge in [-0.3, -0.25) is 4.79 Å². The Kier molecular flexibility index (Phi) is 7.16. The van der Waals surface area contributed by atoms with Crippen LogP contribution in [0.4, 0.5) is 0 Å². The Labute approximate surface area is 184 Å². The second-order valence-electron chi connectivity index (χ2n) is 8.78. The fourth-order valence-corrected chi connectivity index (χ4v) is 3.50. The molecule has 164 valence electrons. The Bertz CT molecular complexity index is 1020. The van der Waals surface area contributed by atoms with Crippen molar-refractivity contribution in [2.24, 2.45) is 5.41 Å². The molecule has 5 nitrogen and oxygen atoms in total. The summed E-state index contributed by atoms with van der Waals surface area (Å²) in [6.45, 7) is 8.93. The second-order valence-corrected chi connectivity index (χ2v) is 8.78. The van der Waals surface area contributed by atoms with E-state index in [9.17, 15) is 9.90 Å². The molecule has 31 heavy (non-hydrogen) atoms. The monoisotopic (exact) mass is 420 g/mol. The first-order valence-electron chi connectivity index (χ1n) is 10.8. The van der Waals surface area contributed by atoms with Gasteiger partial charge in [-0.2, -0.15) is 0 Å². The molecule has 0 amide bonds. The average molecular weight is 421 g/mol. The van der Waals surface area contributed by atoms with Gasteiger partial charge in [-0.25, -0.2) is 4.98 Å². The first-order chi connectivity index (χ1) is 14.8. The Morgan fingerprint density at radius 2 is 1.77 bits per heavy atom. The molecule has 0 spiro atoms. The van der Waals surface area contributed by atoms with Gasteiger partial charge >= 0.3 is 5.97 Å². The summed E-state index contributed by atoms with van der Waals surface area (Å²) in [5.41, 5.74) is 3.83. The number of benzene rings is 2. The first-order valence-corrected chi connectivity index (χ1v) is 10.8. The summed E-state index contributed by atoms with van der Waals surface area (Å²) >= 11 is 0. The number of carboxylic acid groups (broad SMARTS) is 1. The molecule has 0 radical (unpaired) electrons. The molecule has 1 aromatic heterocycles. The zero-order valence-corrected chi connectivity index (χ0v) is 18.9. The van der Waals surface area contributed by atoms with E-state index < -0.39 is 11.4 Å². The highest BCUT2D eigenvalue weighted by Gasteiger charge is 2.26. The number of aromatic nitrogens is 2. The Balaban J connectivity index is 1.67. The van der Waals surface area contributed by atoms with E-state index in [1.807, 2.05) is 24.4 Å². The largest absolute Gasteiger partial charge is 0.493 e. The van der Waals surface area contributed by atoms with Gasteiger partial charge in [0.25, 0.3) is 0 Å². The summed E-state index contributed by atoms with van der Waals surface area (Å²) in [7, 11) is 0. The minimum absolute atomic E-state index is 0.570. The Morgan fingerprint density at radius 1 is 1.06 bits per heavy atom. The summed E-state index contributed by atoms with van der Waals surface area (Å²) in [6, 6.07) is 16.5. The third-order valence-electron chi connectivity index (χ3n) is 5.70. The molecule has 0 atom stereocenters. The van der Waals surface area contributed by atoms with Crippen LogP contribution in [0.2, 0.25) is 0 Å². The molecule has 2 aromatic carbocycles. The van der Waals surface area contributed by atoms with Crippen molar-refractivity contribution in [1.82, 2.24) is 9.55 Å². The van der Waals surface area contributed by atoms with Crippen LogP contribution in [-0.2, 0) is 11.3 Å². The third-order valence-corrected chi connectivity index (χ3v) is 5.70. The number of unbranched alkanes of at least 4 members (excludes halogenated alkanes) is 1. The maximum atomic E-state index is 11.2. The molecule has 5 heteroatoms. The van der Waals surface area contributed by atoms with Crippen LogP contribution < -0.4 is 4.74 Å². The normalized spacial score (nSPS) is 11.5. The lowest BCUT2D eigenvalue weighted by Gasteiger charge is -2.19. The smallest absolute Gasteiger partial charge is 0.309 e. The van der Waals surface area contributed by atoms with Crippen molar-refractivity contribution in [3.63, 3.8) is 0 Å². The number of nitrogens with zero attached hydrogens (tertiary/aromatic N) is 2. The van der Waals surface area contributed by atoms with Gasteiger partial charge in [0, 0.05) is 23.0 Å². The van der Waals surface area contributed by atoms with Crippen molar-refractivity contribution < 1.29 is 14.6 Å². The average Bonchev–Trinajstić information content (AvgIpc) is 3.09. The highest BCUT2D eigenvalue weighted by Crippen LogP contribution is 2.26. The molecule has 3 rings (SSSR count). The van der Waals surface area contributed by atoms with Gasteiger partial charge in [-0.15, -0.1) is 0 Å². The lowest BCUT2D eigenvalue weighted by atomic mass is 9.87. The van der Waals surface area contributed by atoms with Crippen LogP contribution in [0.5, 0.6) is 5.75 Å². The molecule has 0 saturated heterocycles. The third kappa shape index (κ3) is 5.75. The van der Waals surface area contributed by atoms with E-state index in [2.05, 4.69) is 53.7 Å². The summed E-state index contributed by atoms with van der Waals surface area (Å²) in [4.78, 5) is 15.9. The van der Waals surface area contributed by atoms with Crippen molar-refractivity contribution >= 4 is 5.97 Å². The SMILES string of the molecule is Cc1ccc(-c2ncc(C)n2Cc2ccccc2OCCCCC(C)(C)C(=O)O)cc1. The van der Waals surface area contributed by atoms with E-state index >= 15 is 0 Å². The van der Waals surface area contributed by atoms with Crippen LogP contribution in [0.25, 0.3) is 11.4 Å². The van der Waals surface area contributed by atoms with Gasteiger partial charge in [0.15, 0.2) is 0 Å². The molecule has 0 bridgehead atoms. The van der Waals surface area contributed by atoms with Gasteiger partial charge in [-0.1, -0.05) is 48.0 Å². The van der Waals surface area contributed by atoms with E-state index in [0.717, 1.165) is 41.2 Å². The van der Waals surface area contributed by atoms with Crippen LogP contribution in [0, 0.1) is 19.3 Å². The highest BCUT2D eigenvalue weighted by molar-refractivity contribution is 5.73. The number of hydrogen-bond donors (Lipinski definition) is 1. The number of carboxylic acids is 1. The fourth-order valence-electron chi connectivity index (χ4n) is 3.50. The van der Waals surface area contributed by atoms with Crippen molar-refractivity contribution in [2.45, 2.75) is 53.5 Å². The second kappa shape index (κ2) is 9.82. The highest BCUT2D eigenvalue weighted by atomic mass is 16.5. The molecule has 0 saturated carbocycles. The minimum Gasteiger partial charge on any atom is -0.493 e. The molecule has 1 N–H and O–H groups in total. The van der Waals surface area contributed by atoms with Crippen LogP contribution in [-0.4, -0.2) is 27.2 Å². The quantitative estimate of drug-likeness (QED) is 0.416. The molecule has 0 aliphatic heterocycles. The van der Waals surface area contributed by atoms with Gasteiger partial charge in [0.2, 0.25) is 0 Å². The van der Waals surface area contributed by atoms with Crippen molar-refractivity contribution in [1.29, 1.82) is 0 Å². The molecule has 1 heterocycles. The van der Waals surface area contributed by atoms with Gasteiger partial charge in [-0.05, 0) is 53.0 Å². The van der Waals surface area contributed by atoms with E-state index in [1.165, 1.54) is 5.56 Å². The number of rotatable bonds is 10. The minimum atomic E-state index is -0.751. The van der Waals surface area contributed by atoms with Gasteiger partial charge < -0.3 is 14.4 Å². The summed E-state index contributed by atoms with van der Waals surface area (Å²) < 4.78 is 8.29. The molecule has 0 aliphatic carbocycles. The number of hydrogen-bond acceptors (Lipinski definition) is 3. The Morgan fingerprint density at radius 3 is 2.48 bits per heavy atom. The summed E-state index contributed by atoms with van der Waals surface area (Å²) in [5, 5.41) is 9.24. The molecule has 3 aromatic rings. The van der Waals surface area contributed by atoms with E-state index in [0.29, 0.717) is 19.6 Å². The number of carbonyl (C=O) groups is 1. The zero-order valence-electron chi connectivity index (χ0n) is 18.9. The summed E-state index contributed by atoms with van der Waals surface area (Å²) in [5.74, 6) is 1.06. The predicted molar refractivity (Wildman–Crippen MR) is 123 cm³/mol. The van der Waals surface area contributed by atoms with Gasteiger partial charge in [0.05, 0.1) is 18.6 Å². The maximum absolute atomic E-state index is 11.2. The molecular weight excluding hydrogens is 388 g/mol. The van der Waals surface area contributed by atoms with Crippen LogP contribution in [0.15, 0.2) is 54.7 Å². The molecule has 0 fully saturated rings. The number of aryl methyl sites for hydroxylation is 2. The topological polar surface area (TPSA) is 64.4 Å². The maximum Gasteiger partial charge on any atom is 0.309 e. The Hall–Kier alpha value is -3.08. The number of imidazole rings is 1. The van der Waals surface area contributed by atoms with E-state index in [1.54, 1.807) is 13.8 Å². The number of ether oxygens (including phenoxy) is 1. The van der Waals surface area contributed by atoms with Crippen LogP contribution in [0.3, 0.4) is 0 Å². The van der Waals surface area contributed by atoms with Gasteiger partial charge in [0.1, 0.15) is 11.6 Å². The fraction of sp³-hybridized carbons (Fsp3) is 0.385. The van der Waals surface area contributed by atoms with Crippen molar-refractivity contribution in [3.8, 4) is 17.1 Å². The lowest BCUT2D eigenvalue weighted by Crippen LogP contribution is -2.23. The zero-order chi connectivity index (χ0) is 22.4. The molecule has 0 unspecified atom stereocenters. The summed E-state index contributed by atoms with van der Waals surface area (Å²) in [6.07, 6.45) is 4.19. The van der Waals surface area contributed by atoms with Crippen LogP contribution >= 0.6 is 0 Å². The molecule has 0 aliphatic rings. The van der Waals surface area contributed by atoms with E-state index in [-0.39, 0.29) is 0 Å². The van der Waals surface area contributed by atoms with Crippen molar-refractivity contribution in [2.75, 3.05) is 6.61 Å². The first kappa shape index (κ1) is 22.6. The number of aliphatic carboxylic acids is 1. The predicted octanol–water partition coefficient (Wildman–Crippen LogP) is 5.88. The van der Waals surface area contributed by atoms with E-state index in [4.69, 9.17) is 4.74 Å². The molecular formula is C26H32N2O3. The van der Waals surface area contributed by atoms with Crippen molar-refractivity contribution in [3.05, 3.63) is 71.5 Å².